The summed E-state index contributed by atoms with van der Waals surface area (Å²) in [5.41, 5.74) is 2.88. The molecule has 4 aromatic heterocycles. The molecule has 0 amide bonds. The van der Waals surface area contributed by atoms with Crippen LogP contribution in [0.4, 0.5) is 5.13 Å². The second kappa shape index (κ2) is 6.25. The normalized spacial score (nSPS) is 10.9. The molecule has 4 aromatic rings. The van der Waals surface area contributed by atoms with Gasteiger partial charge in [-0.3, -0.25) is 9.97 Å². The van der Waals surface area contributed by atoms with Crippen LogP contribution in [0.5, 0.6) is 5.75 Å². The van der Waals surface area contributed by atoms with Crippen LogP contribution in [0.1, 0.15) is 5.56 Å². The van der Waals surface area contributed by atoms with Gasteiger partial charge in [-0.2, -0.15) is 0 Å². The van der Waals surface area contributed by atoms with Crippen LogP contribution in [0.3, 0.4) is 0 Å². The molecule has 0 aliphatic carbocycles. The number of hydrogen-bond acceptors (Lipinski definition) is 7. The molecule has 0 saturated heterocycles. The predicted octanol–water partition coefficient (Wildman–Crippen LogP) is 2.87. The van der Waals surface area contributed by atoms with Crippen molar-refractivity contribution in [3.05, 3.63) is 54.7 Å². The van der Waals surface area contributed by atoms with Gasteiger partial charge < -0.3 is 10.1 Å². The second-order valence-corrected chi connectivity index (χ2v) is 6.04. The second-order valence-electron chi connectivity index (χ2n) is 5.08. The van der Waals surface area contributed by atoms with E-state index in [0.717, 1.165) is 26.9 Å². The van der Waals surface area contributed by atoms with Crippen LogP contribution in [0, 0.1) is 0 Å². The first-order valence-electron chi connectivity index (χ1n) is 7.30. The van der Waals surface area contributed by atoms with Crippen molar-refractivity contribution < 1.29 is 4.74 Å². The fourth-order valence-corrected chi connectivity index (χ4v) is 3.04. The minimum Gasteiger partial charge on any atom is -0.495 e. The van der Waals surface area contributed by atoms with Gasteiger partial charge in [-0.15, -0.1) is 5.10 Å². The fourth-order valence-electron chi connectivity index (χ4n) is 2.26. The van der Waals surface area contributed by atoms with Crippen LogP contribution < -0.4 is 10.1 Å². The van der Waals surface area contributed by atoms with Gasteiger partial charge in [0.15, 0.2) is 0 Å². The standard InChI is InChI=1S/C16H14N6OS/c1-23-13-6-12(8-18-9-13)14-10-22-16(20-14)24-15(21-22)19-7-11-2-4-17-5-3-11/h2-6,8-10H,7H2,1H3,(H,19,21). The van der Waals surface area contributed by atoms with Gasteiger partial charge in [-0.25, -0.2) is 9.50 Å². The SMILES string of the molecule is COc1cncc(-c2cn3nc(NCc4ccncc4)sc3n2)c1. The summed E-state index contributed by atoms with van der Waals surface area (Å²) in [6.45, 7) is 0.700. The molecular weight excluding hydrogens is 324 g/mol. The number of nitrogens with one attached hydrogen (secondary N) is 1. The summed E-state index contributed by atoms with van der Waals surface area (Å²) >= 11 is 1.50. The number of aromatic nitrogens is 5. The van der Waals surface area contributed by atoms with E-state index in [0.29, 0.717) is 12.3 Å². The summed E-state index contributed by atoms with van der Waals surface area (Å²) in [5, 5.41) is 8.63. The maximum atomic E-state index is 5.20. The van der Waals surface area contributed by atoms with Crippen molar-refractivity contribution in [3.63, 3.8) is 0 Å². The van der Waals surface area contributed by atoms with E-state index in [2.05, 4.69) is 25.4 Å². The van der Waals surface area contributed by atoms with E-state index >= 15 is 0 Å². The minimum absolute atomic E-state index is 0.700. The molecule has 0 atom stereocenters. The van der Waals surface area contributed by atoms with Gasteiger partial charge in [0.1, 0.15) is 5.75 Å². The van der Waals surface area contributed by atoms with Crippen molar-refractivity contribution in [3.8, 4) is 17.0 Å². The Morgan fingerprint density at radius 3 is 2.88 bits per heavy atom. The van der Waals surface area contributed by atoms with E-state index in [1.165, 1.54) is 11.3 Å². The van der Waals surface area contributed by atoms with E-state index in [1.54, 1.807) is 36.4 Å². The first-order chi connectivity index (χ1) is 11.8. The third kappa shape index (κ3) is 2.91. The summed E-state index contributed by atoms with van der Waals surface area (Å²) in [6, 6.07) is 5.85. The number of pyridine rings is 2. The van der Waals surface area contributed by atoms with Gasteiger partial charge in [-0.1, -0.05) is 11.3 Å². The molecular formula is C16H14N6OS. The molecule has 8 heteroatoms. The largest absolute Gasteiger partial charge is 0.495 e. The van der Waals surface area contributed by atoms with Crippen LogP contribution in [-0.2, 0) is 6.54 Å². The van der Waals surface area contributed by atoms with Gasteiger partial charge >= 0.3 is 0 Å². The smallest absolute Gasteiger partial charge is 0.214 e. The van der Waals surface area contributed by atoms with Crippen LogP contribution in [0.25, 0.3) is 16.2 Å². The van der Waals surface area contributed by atoms with Gasteiger partial charge in [0.2, 0.25) is 10.1 Å². The Morgan fingerprint density at radius 2 is 2.08 bits per heavy atom. The van der Waals surface area contributed by atoms with Crippen LogP contribution in [0.2, 0.25) is 0 Å². The van der Waals surface area contributed by atoms with Gasteiger partial charge in [0, 0.05) is 30.7 Å². The maximum absolute atomic E-state index is 5.20. The maximum Gasteiger partial charge on any atom is 0.214 e. The fraction of sp³-hybridized carbons (Fsp3) is 0.125. The van der Waals surface area contributed by atoms with E-state index in [9.17, 15) is 0 Å². The molecule has 7 nitrogen and oxygen atoms in total. The van der Waals surface area contributed by atoms with Crippen LogP contribution in [-0.4, -0.2) is 31.7 Å². The summed E-state index contributed by atoms with van der Waals surface area (Å²) in [6.07, 6.45) is 8.87. The Kier molecular flexibility index (Phi) is 3.80. The number of anilines is 1. The quantitative estimate of drug-likeness (QED) is 0.603. The van der Waals surface area contributed by atoms with Crippen molar-refractivity contribution in [2.45, 2.75) is 6.54 Å². The Labute approximate surface area is 142 Å². The highest BCUT2D eigenvalue weighted by atomic mass is 32.1. The van der Waals surface area contributed by atoms with E-state index in [1.807, 2.05) is 24.4 Å². The number of hydrogen-bond donors (Lipinski definition) is 1. The molecule has 0 aliphatic heterocycles. The van der Waals surface area contributed by atoms with Crippen molar-refractivity contribution in [1.82, 2.24) is 24.6 Å². The summed E-state index contributed by atoms with van der Waals surface area (Å²) in [5.74, 6) is 0.705. The number of imidazole rings is 1. The summed E-state index contributed by atoms with van der Waals surface area (Å²) < 4.78 is 6.97. The number of fused-ring (bicyclic) bond motifs is 1. The molecule has 0 aromatic carbocycles. The number of methoxy groups -OCH3 is 1. The lowest BCUT2D eigenvalue weighted by molar-refractivity contribution is 0.413. The molecule has 120 valence electrons. The molecule has 0 saturated carbocycles. The van der Waals surface area contributed by atoms with E-state index in [-0.39, 0.29) is 0 Å². The monoisotopic (exact) mass is 338 g/mol. The van der Waals surface area contributed by atoms with Crippen molar-refractivity contribution >= 4 is 21.4 Å². The highest BCUT2D eigenvalue weighted by molar-refractivity contribution is 7.20. The topological polar surface area (TPSA) is 77.2 Å². The summed E-state index contributed by atoms with van der Waals surface area (Å²) in [4.78, 5) is 13.6. The van der Waals surface area contributed by atoms with E-state index < -0.39 is 0 Å². The Balaban J connectivity index is 1.54. The van der Waals surface area contributed by atoms with Crippen LogP contribution >= 0.6 is 11.3 Å². The molecule has 0 unspecified atom stereocenters. The zero-order valence-corrected chi connectivity index (χ0v) is 13.7. The zero-order valence-electron chi connectivity index (χ0n) is 12.9. The Morgan fingerprint density at radius 1 is 1.21 bits per heavy atom. The highest BCUT2D eigenvalue weighted by Gasteiger charge is 2.10. The average Bonchev–Trinajstić information content (AvgIpc) is 3.19. The number of rotatable bonds is 5. The molecule has 0 radical (unpaired) electrons. The minimum atomic E-state index is 0.700. The molecule has 0 spiro atoms. The average molecular weight is 338 g/mol. The lowest BCUT2D eigenvalue weighted by atomic mass is 10.2. The summed E-state index contributed by atoms with van der Waals surface area (Å²) in [7, 11) is 1.62. The molecule has 24 heavy (non-hydrogen) atoms. The Hall–Kier alpha value is -3.00. The van der Waals surface area contributed by atoms with E-state index in [4.69, 9.17) is 4.74 Å². The first kappa shape index (κ1) is 14.6. The van der Waals surface area contributed by atoms with Gasteiger partial charge in [0.05, 0.1) is 25.2 Å². The van der Waals surface area contributed by atoms with Gasteiger partial charge in [0.25, 0.3) is 0 Å². The molecule has 4 rings (SSSR count). The lowest BCUT2D eigenvalue weighted by Gasteiger charge is -2.01. The first-order valence-corrected chi connectivity index (χ1v) is 8.12. The lowest BCUT2D eigenvalue weighted by Crippen LogP contribution is -1.99. The molecule has 0 fully saturated rings. The van der Waals surface area contributed by atoms with Crippen molar-refractivity contribution in [1.29, 1.82) is 0 Å². The third-order valence-electron chi connectivity index (χ3n) is 3.48. The molecule has 4 heterocycles. The van der Waals surface area contributed by atoms with Crippen molar-refractivity contribution in [2.75, 3.05) is 12.4 Å². The molecule has 0 bridgehead atoms. The number of nitrogens with zero attached hydrogens (tertiary/aromatic N) is 5. The van der Waals surface area contributed by atoms with Crippen molar-refractivity contribution in [2.24, 2.45) is 0 Å². The number of ether oxygens (including phenoxy) is 1. The highest BCUT2D eigenvalue weighted by Crippen LogP contribution is 2.26. The molecule has 0 aliphatic rings. The predicted molar refractivity (Wildman–Crippen MR) is 92.2 cm³/mol. The van der Waals surface area contributed by atoms with Crippen LogP contribution in [0.15, 0.2) is 49.2 Å². The zero-order chi connectivity index (χ0) is 16.4. The third-order valence-corrected chi connectivity index (χ3v) is 4.36. The Bertz CT molecular complexity index is 934. The molecule has 1 N–H and O–H groups in total. The van der Waals surface area contributed by atoms with Gasteiger partial charge in [-0.05, 0) is 23.8 Å².